The lowest BCUT2D eigenvalue weighted by Crippen LogP contribution is -2.26. The zero-order valence-corrected chi connectivity index (χ0v) is 17.8. The molecule has 31 heavy (non-hydrogen) atoms. The van der Waals surface area contributed by atoms with E-state index in [1.807, 2.05) is 0 Å². The number of hydrogen-bond donors (Lipinski definition) is 1. The first-order chi connectivity index (χ1) is 14.8. The minimum Gasteiger partial charge on any atom is -0.325 e. The lowest BCUT2D eigenvalue weighted by atomic mass is 10.3. The molecule has 0 aliphatic carbocycles. The number of carbonyl (C=O) groups excluding carboxylic acids is 1. The van der Waals surface area contributed by atoms with Crippen molar-refractivity contribution >= 4 is 45.8 Å². The van der Waals surface area contributed by atoms with Gasteiger partial charge in [-0.3, -0.25) is 14.2 Å². The van der Waals surface area contributed by atoms with Gasteiger partial charge in [-0.15, -0.1) is 0 Å². The first-order valence-corrected chi connectivity index (χ1v) is 10.1. The Morgan fingerprint density at radius 2 is 1.90 bits per heavy atom. The molecule has 0 saturated heterocycles. The zero-order valence-electron chi connectivity index (χ0n) is 16.3. The summed E-state index contributed by atoms with van der Waals surface area (Å²) in [7, 11) is 0. The normalized spacial score (nSPS) is 11.1. The molecule has 1 amide bonds. The predicted octanol–water partition coefficient (Wildman–Crippen LogP) is 4.37. The molecule has 0 aliphatic heterocycles. The summed E-state index contributed by atoms with van der Waals surface area (Å²) >= 11 is 12.0. The van der Waals surface area contributed by atoms with Crippen LogP contribution in [0, 0.1) is 12.7 Å². The summed E-state index contributed by atoms with van der Waals surface area (Å²) in [5.41, 5.74) is 1.03. The van der Waals surface area contributed by atoms with Crippen molar-refractivity contribution in [2.45, 2.75) is 19.9 Å². The molecule has 7 nitrogen and oxygen atoms in total. The summed E-state index contributed by atoms with van der Waals surface area (Å²) in [4.78, 5) is 29.8. The van der Waals surface area contributed by atoms with Crippen LogP contribution in [0.2, 0.25) is 10.0 Å². The minimum absolute atomic E-state index is 0.0306. The molecule has 2 aromatic heterocycles. The SMILES string of the molecule is Cc1nc2c(cnn2-c2ccc(F)cc2)c(=O)n1CCC(=O)Nc1cccc(Cl)c1Cl. The van der Waals surface area contributed by atoms with Gasteiger partial charge in [-0.05, 0) is 43.3 Å². The van der Waals surface area contributed by atoms with Gasteiger partial charge in [0, 0.05) is 13.0 Å². The second kappa shape index (κ2) is 8.49. The van der Waals surface area contributed by atoms with Crippen LogP contribution in [0.3, 0.4) is 0 Å². The average Bonchev–Trinajstić information content (AvgIpc) is 3.15. The van der Waals surface area contributed by atoms with Crippen LogP contribution in [-0.4, -0.2) is 25.2 Å². The van der Waals surface area contributed by atoms with E-state index in [1.54, 1.807) is 37.3 Å². The summed E-state index contributed by atoms with van der Waals surface area (Å²) in [6.45, 7) is 1.80. The fourth-order valence-electron chi connectivity index (χ4n) is 3.17. The van der Waals surface area contributed by atoms with Crippen LogP contribution in [0.4, 0.5) is 10.1 Å². The lowest BCUT2D eigenvalue weighted by Gasteiger charge is -2.11. The third-order valence-corrected chi connectivity index (χ3v) is 5.56. The Morgan fingerprint density at radius 1 is 1.16 bits per heavy atom. The number of nitrogens with one attached hydrogen (secondary N) is 1. The summed E-state index contributed by atoms with van der Waals surface area (Å²) in [5, 5.41) is 7.79. The number of benzene rings is 2. The van der Waals surface area contributed by atoms with E-state index in [2.05, 4.69) is 15.4 Å². The highest BCUT2D eigenvalue weighted by Gasteiger charge is 2.15. The number of fused-ring (bicyclic) bond motifs is 1. The third-order valence-electron chi connectivity index (χ3n) is 4.74. The van der Waals surface area contributed by atoms with Gasteiger partial charge in [-0.2, -0.15) is 5.10 Å². The van der Waals surface area contributed by atoms with Crippen LogP contribution in [0.5, 0.6) is 0 Å². The Balaban J connectivity index is 1.57. The molecular weight excluding hydrogens is 444 g/mol. The number of rotatable bonds is 5. The van der Waals surface area contributed by atoms with E-state index in [9.17, 15) is 14.0 Å². The smallest absolute Gasteiger partial charge is 0.264 e. The van der Waals surface area contributed by atoms with Crippen LogP contribution in [0.25, 0.3) is 16.7 Å². The molecule has 0 spiro atoms. The molecule has 0 saturated carbocycles. The van der Waals surface area contributed by atoms with Gasteiger partial charge in [0.25, 0.3) is 5.56 Å². The molecule has 0 bridgehead atoms. The average molecular weight is 460 g/mol. The van der Waals surface area contributed by atoms with E-state index >= 15 is 0 Å². The second-order valence-corrected chi connectivity index (χ2v) is 7.57. The number of carbonyl (C=O) groups is 1. The Labute approximate surface area is 186 Å². The van der Waals surface area contributed by atoms with Crippen molar-refractivity contribution in [3.63, 3.8) is 0 Å². The number of nitrogens with zero attached hydrogens (tertiary/aromatic N) is 4. The Bertz CT molecular complexity index is 1350. The van der Waals surface area contributed by atoms with Gasteiger partial charge in [0.15, 0.2) is 5.65 Å². The van der Waals surface area contributed by atoms with Crippen LogP contribution in [-0.2, 0) is 11.3 Å². The van der Waals surface area contributed by atoms with Crippen molar-refractivity contribution in [1.29, 1.82) is 0 Å². The topological polar surface area (TPSA) is 81.8 Å². The number of aromatic nitrogens is 4. The van der Waals surface area contributed by atoms with E-state index in [1.165, 1.54) is 27.6 Å². The highest BCUT2D eigenvalue weighted by molar-refractivity contribution is 6.43. The summed E-state index contributed by atoms with van der Waals surface area (Å²) in [5.74, 6) is -0.267. The quantitative estimate of drug-likeness (QED) is 0.480. The van der Waals surface area contributed by atoms with Gasteiger partial charge in [0.2, 0.25) is 5.91 Å². The van der Waals surface area contributed by atoms with Crippen molar-refractivity contribution in [2.24, 2.45) is 0 Å². The first kappa shape index (κ1) is 21.0. The van der Waals surface area contributed by atoms with Gasteiger partial charge in [0.1, 0.15) is 17.0 Å². The van der Waals surface area contributed by atoms with E-state index in [-0.39, 0.29) is 35.3 Å². The van der Waals surface area contributed by atoms with Crippen LogP contribution in [0.1, 0.15) is 12.2 Å². The Hall–Kier alpha value is -3.23. The van der Waals surface area contributed by atoms with Crippen molar-refractivity contribution in [2.75, 3.05) is 5.32 Å². The summed E-state index contributed by atoms with van der Waals surface area (Å²) in [6, 6.07) is 10.7. The third kappa shape index (κ3) is 4.17. The number of hydrogen-bond acceptors (Lipinski definition) is 4. The molecule has 10 heteroatoms. The second-order valence-electron chi connectivity index (χ2n) is 6.79. The van der Waals surface area contributed by atoms with Crippen LogP contribution >= 0.6 is 23.2 Å². The number of anilines is 1. The summed E-state index contributed by atoms with van der Waals surface area (Å²) < 4.78 is 16.1. The van der Waals surface area contributed by atoms with Gasteiger partial charge in [-0.25, -0.2) is 14.1 Å². The molecule has 0 aliphatic rings. The van der Waals surface area contributed by atoms with E-state index in [0.29, 0.717) is 33.3 Å². The highest BCUT2D eigenvalue weighted by Crippen LogP contribution is 2.29. The molecule has 1 N–H and O–H groups in total. The van der Waals surface area contributed by atoms with Crippen LogP contribution in [0.15, 0.2) is 53.5 Å². The van der Waals surface area contributed by atoms with Crippen molar-refractivity contribution < 1.29 is 9.18 Å². The van der Waals surface area contributed by atoms with Crippen molar-refractivity contribution in [1.82, 2.24) is 19.3 Å². The largest absolute Gasteiger partial charge is 0.325 e. The molecule has 0 fully saturated rings. The molecule has 0 unspecified atom stereocenters. The maximum atomic E-state index is 13.2. The monoisotopic (exact) mass is 459 g/mol. The van der Waals surface area contributed by atoms with E-state index in [4.69, 9.17) is 23.2 Å². The molecule has 4 rings (SSSR count). The standard InChI is InChI=1S/C21H16Cl2FN5O2/c1-12-26-20-15(11-25-29(20)14-7-5-13(24)6-8-14)21(31)28(12)10-9-18(30)27-17-4-2-3-16(22)19(17)23/h2-8,11H,9-10H2,1H3,(H,27,30). The molecule has 2 heterocycles. The fourth-order valence-corrected chi connectivity index (χ4v) is 3.52. The number of amides is 1. The summed E-state index contributed by atoms with van der Waals surface area (Å²) in [6.07, 6.45) is 1.44. The maximum absolute atomic E-state index is 13.2. The van der Waals surface area contributed by atoms with E-state index < -0.39 is 0 Å². The van der Waals surface area contributed by atoms with Gasteiger partial charge >= 0.3 is 0 Å². The van der Waals surface area contributed by atoms with Gasteiger partial charge < -0.3 is 5.32 Å². The number of aryl methyl sites for hydroxylation is 1. The molecule has 0 atom stereocenters. The van der Waals surface area contributed by atoms with Crippen molar-refractivity contribution in [3.05, 3.63) is 80.7 Å². The molecule has 0 radical (unpaired) electrons. The maximum Gasteiger partial charge on any atom is 0.264 e. The molecule has 4 aromatic rings. The Morgan fingerprint density at radius 3 is 2.65 bits per heavy atom. The predicted molar refractivity (Wildman–Crippen MR) is 118 cm³/mol. The fraction of sp³-hybridized carbons (Fsp3) is 0.143. The number of halogens is 3. The molecular formula is C21H16Cl2FN5O2. The zero-order chi connectivity index (χ0) is 22.1. The minimum atomic E-state index is -0.371. The van der Waals surface area contributed by atoms with E-state index in [0.717, 1.165) is 0 Å². The van der Waals surface area contributed by atoms with Crippen molar-refractivity contribution in [3.8, 4) is 5.69 Å². The highest BCUT2D eigenvalue weighted by atomic mass is 35.5. The molecule has 158 valence electrons. The van der Waals surface area contributed by atoms with Gasteiger partial charge in [-0.1, -0.05) is 29.3 Å². The van der Waals surface area contributed by atoms with Gasteiger partial charge in [0.05, 0.1) is 27.6 Å². The van der Waals surface area contributed by atoms with Crippen LogP contribution < -0.4 is 10.9 Å². The lowest BCUT2D eigenvalue weighted by molar-refractivity contribution is -0.116. The Kier molecular flexibility index (Phi) is 5.75. The first-order valence-electron chi connectivity index (χ1n) is 9.30. The molecule has 2 aromatic carbocycles.